The zero-order chi connectivity index (χ0) is 13.0. The van der Waals surface area contributed by atoms with E-state index < -0.39 is 5.97 Å². The molecule has 2 atom stereocenters. The fourth-order valence-electron chi connectivity index (χ4n) is 2.48. The van der Waals surface area contributed by atoms with E-state index in [9.17, 15) is 4.79 Å². The normalized spacial score (nSPS) is 23.4. The molecule has 0 spiro atoms. The van der Waals surface area contributed by atoms with Crippen molar-refractivity contribution >= 4 is 17.7 Å². The third-order valence-corrected chi connectivity index (χ3v) is 4.65. The Morgan fingerprint density at radius 3 is 3.17 bits per heavy atom. The maximum Gasteiger partial charge on any atom is 0.372 e. The lowest BCUT2D eigenvalue weighted by molar-refractivity contribution is 0.0660. The molecular formula is C13H19NO3S. The largest absolute Gasteiger partial charge is 0.475 e. The summed E-state index contributed by atoms with van der Waals surface area (Å²) >= 11 is 1.99. The first-order valence-electron chi connectivity index (χ1n) is 6.37. The molecule has 1 fully saturated rings. The van der Waals surface area contributed by atoms with Crippen molar-refractivity contribution in [1.82, 2.24) is 5.32 Å². The molecule has 100 valence electrons. The molecule has 1 saturated carbocycles. The number of hydrogen-bond acceptors (Lipinski definition) is 4. The van der Waals surface area contributed by atoms with Crippen LogP contribution < -0.4 is 5.32 Å². The molecule has 1 aliphatic carbocycles. The minimum absolute atomic E-state index is 0.0557. The van der Waals surface area contributed by atoms with Crippen LogP contribution in [0.5, 0.6) is 0 Å². The molecule has 5 heteroatoms. The fourth-order valence-corrected chi connectivity index (χ4v) is 3.70. The summed E-state index contributed by atoms with van der Waals surface area (Å²) in [6.45, 7) is 2.75. The molecule has 1 aliphatic rings. The van der Waals surface area contributed by atoms with Gasteiger partial charge in [-0.05, 0) is 24.7 Å². The Kier molecular flexibility index (Phi) is 4.72. The molecule has 0 bridgehead atoms. The van der Waals surface area contributed by atoms with Crippen molar-refractivity contribution in [1.29, 1.82) is 0 Å². The number of carbonyl (C=O) groups is 1. The fraction of sp³-hybridized carbons (Fsp3) is 0.615. The van der Waals surface area contributed by atoms with Gasteiger partial charge in [0.1, 0.15) is 0 Å². The maximum atomic E-state index is 10.9. The molecule has 0 saturated heterocycles. The molecule has 0 radical (unpaired) electrons. The van der Waals surface area contributed by atoms with Crippen LogP contribution in [0.25, 0.3) is 0 Å². The first kappa shape index (κ1) is 13.5. The Hall–Kier alpha value is -0.940. The number of carboxylic acid groups (broad SMARTS) is 1. The van der Waals surface area contributed by atoms with E-state index in [0.717, 1.165) is 11.3 Å². The van der Waals surface area contributed by atoms with E-state index in [1.165, 1.54) is 25.5 Å². The number of nitrogens with one attached hydrogen (secondary N) is 1. The Labute approximate surface area is 111 Å². The quantitative estimate of drug-likeness (QED) is 0.831. The predicted molar refractivity (Wildman–Crippen MR) is 72.1 cm³/mol. The lowest BCUT2D eigenvalue weighted by Gasteiger charge is -2.19. The number of carboxylic acids is 1. The van der Waals surface area contributed by atoms with Crippen LogP contribution in [-0.4, -0.2) is 28.1 Å². The first-order chi connectivity index (χ1) is 8.72. The van der Waals surface area contributed by atoms with E-state index in [-0.39, 0.29) is 5.76 Å². The average Bonchev–Trinajstić information content (AvgIpc) is 2.95. The molecule has 0 amide bonds. The Bertz CT molecular complexity index is 405. The Morgan fingerprint density at radius 2 is 2.44 bits per heavy atom. The molecule has 1 aromatic rings. The van der Waals surface area contributed by atoms with Gasteiger partial charge in [0, 0.05) is 23.4 Å². The molecule has 0 aromatic carbocycles. The summed E-state index contributed by atoms with van der Waals surface area (Å²) in [5, 5.41) is 13.1. The van der Waals surface area contributed by atoms with Crippen molar-refractivity contribution in [2.24, 2.45) is 0 Å². The van der Waals surface area contributed by atoms with Gasteiger partial charge in [0.15, 0.2) is 0 Å². The van der Waals surface area contributed by atoms with E-state index >= 15 is 0 Å². The first-order valence-corrected chi connectivity index (χ1v) is 7.42. The van der Waals surface area contributed by atoms with Crippen LogP contribution in [0.2, 0.25) is 0 Å². The highest BCUT2D eigenvalue weighted by Gasteiger charge is 2.27. The lowest BCUT2D eigenvalue weighted by atomic mass is 10.2. The summed E-state index contributed by atoms with van der Waals surface area (Å²) in [7, 11) is 0. The highest BCUT2D eigenvalue weighted by molar-refractivity contribution is 7.99. The van der Waals surface area contributed by atoms with Crippen molar-refractivity contribution in [2.75, 3.05) is 5.75 Å². The topological polar surface area (TPSA) is 62.5 Å². The van der Waals surface area contributed by atoms with Crippen LogP contribution >= 0.6 is 11.8 Å². The van der Waals surface area contributed by atoms with E-state index in [2.05, 4.69) is 12.2 Å². The molecule has 18 heavy (non-hydrogen) atoms. The number of furan rings is 1. The third-order valence-electron chi connectivity index (χ3n) is 3.33. The summed E-state index contributed by atoms with van der Waals surface area (Å²) in [5.41, 5.74) is 0.731. The van der Waals surface area contributed by atoms with Gasteiger partial charge in [0.25, 0.3) is 0 Å². The van der Waals surface area contributed by atoms with Gasteiger partial charge in [0.05, 0.1) is 6.26 Å². The SMILES string of the molecule is CCSC1CCCC1NCc1ccoc1C(=O)O. The molecule has 4 nitrogen and oxygen atoms in total. The van der Waals surface area contributed by atoms with Gasteiger partial charge in [0.2, 0.25) is 5.76 Å². The second-order valence-electron chi connectivity index (χ2n) is 4.49. The number of hydrogen-bond donors (Lipinski definition) is 2. The Morgan fingerprint density at radius 1 is 1.61 bits per heavy atom. The van der Waals surface area contributed by atoms with E-state index in [0.29, 0.717) is 17.8 Å². The summed E-state index contributed by atoms with van der Waals surface area (Å²) < 4.78 is 4.97. The van der Waals surface area contributed by atoms with Gasteiger partial charge in [-0.2, -0.15) is 11.8 Å². The third kappa shape index (κ3) is 3.09. The second-order valence-corrected chi connectivity index (χ2v) is 6.01. The van der Waals surface area contributed by atoms with Crippen molar-refractivity contribution in [2.45, 2.75) is 44.0 Å². The van der Waals surface area contributed by atoms with E-state index in [4.69, 9.17) is 9.52 Å². The minimum atomic E-state index is -0.997. The lowest BCUT2D eigenvalue weighted by Crippen LogP contribution is -2.33. The van der Waals surface area contributed by atoms with Crippen molar-refractivity contribution in [3.63, 3.8) is 0 Å². The highest BCUT2D eigenvalue weighted by atomic mass is 32.2. The van der Waals surface area contributed by atoms with Crippen LogP contribution in [0, 0.1) is 0 Å². The van der Waals surface area contributed by atoms with Gasteiger partial charge >= 0.3 is 5.97 Å². The van der Waals surface area contributed by atoms with Crippen LogP contribution in [0.15, 0.2) is 16.7 Å². The predicted octanol–water partition coefficient (Wildman–Crippen LogP) is 2.74. The van der Waals surface area contributed by atoms with Crippen LogP contribution in [0.3, 0.4) is 0 Å². The monoisotopic (exact) mass is 269 g/mol. The standard InChI is InChI=1S/C13H19NO3S/c1-2-18-11-5-3-4-10(11)14-8-9-6-7-17-12(9)13(15)16/h6-7,10-11,14H,2-5,8H2,1H3,(H,15,16). The van der Waals surface area contributed by atoms with E-state index in [1.54, 1.807) is 6.07 Å². The minimum Gasteiger partial charge on any atom is -0.475 e. The smallest absolute Gasteiger partial charge is 0.372 e. The van der Waals surface area contributed by atoms with Crippen molar-refractivity contribution in [3.05, 3.63) is 23.7 Å². The van der Waals surface area contributed by atoms with Crippen LogP contribution in [0.1, 0.15) is 42.3 Å². The van der Waals surface area contributed by atoms with Gasteiger partial charge in [-0.15, -0.1) is 0 Å². The Balaban J connectivity index is 1.90. The van der Waals surface area contributed by atoms with Crippen LogP contribution in [0.4, 0.5) is 0 Å². The zero-order valence-electron chi connectivity index (χ0n) is 10.5. The molecule has 2 rings (SSSR count). The molecule has 1 aromatic heterocycles. The number of rotatable bonds is 6. The molecular weight excluding hydrogens is 250 g/mol. The van der Waals surface area contributed by atoms with Gasteiger partial charge in [-0.1, -0.05) is 13.3 Å². The van der Waals surface area contributed by atoms with Crippen molar-refractivity contribution in [3.8, 4) is 0 Å². The molecule has 2 unspecified atom stereocenters. The summed E-state index contributed by atoms with van der Waals surface area (Å²) in [6.07, 6.45) is 5.13. The molecule has 1 heterocycles. The molecule has 0 aliphatic heterocycles. The number of aromatic carboxylic acids is 1. The van der Waals surface area contributed by atoms with E-state index in [1.807, 2.05) is 11.8 Å². The maximum absolute atomic E-state index is 10.9. The highest BCUT2D eigenvalue weighted by Crippen LogP contribution is 2.30. The second kappa shape index (κ2) is 6.29. The van der Waals surface area contributed by atoms with Gasteiger partial charge in [-0.25, -0.2) is 4.79 Å². The molecule has 2 N–H and O–H groups in total. The summed E-state index contributed by atoms with van der Waals surface area (Å²) in [5.74, 6) is 0.192. The van der Waals surface area contributed by atoms with Gasteiger partial charge < -0.3 is 14.8 Å². The summed E-state index contributed by atoms with van der Waals surface area (Å²) in [4.78, 5) is 10.9. The van der Waals surface area contributed by atoms with Crippen molar-refractivity contribution < 1.29 is 14.3 Å². The average molecular weight is 269 g/mol. The summed E-state index contributed by atoms with van der Waals surface area (Å²) in [6, 6.07) is 2.22. The van der Waals surface area contributed by atoms with Gasteiger partial charge in [-0.3, -0.25) is 0 Å². The number of thioether (sulfide) groups is 1. The van der Waals surface area contributed by atoms with Crippen LogP contribution in [-0.2, 0) is 6.54 Å². The zero-order valence-corrected chi connectivity index (χ0v) is 11.3.